The van der Waals surface area contributed by atoms with Crippen molar-refractivity contribution >= 4 is 0 Å². The Morgan fingerprint density at radius 2 is 2.24 bits per heavy atom. The number of nitrogens with zero attached hydrogens (tertiary/aromatic N) is 1. The van der Waals surface area contributed by atoms with Crippen LogP contribution in [0.5, 0.6) is 5.75 Å². The van der Waals surface area contributed by atoms with Crippen LogP contribution in [-0.2, 0) is 4.74 Å². The molecule has 4 heteroatoms. The van der Waals surface area contributed by atoms with Gasteiger partial charge < -0.3 is 14.8 Å². The number of hydrogen-bond donors (Lipinski definition) is 1. The van der Waals surface area contributed by atoms with Crippen molar-refractivity contribution in [2.45, 2.75) is 52.2 Å². The van der Waals surface area contributed by atoms with E-state index >= 15 is 0 Å². The van der Waals surface area contributed by atoms with E-state index < -0.39 is 0 Å². The lowest BCUT2D eigenvalue weighted by Gasteiger charge is -2.24. The van der Waals surface area contributed by atoms with E-state index in [-0.39, 0.29) is 0 Å². The summed E-state index contributed by atoms with van der Waals surface area (Å²) in [6.45, 7) is 9.02. The fraction of sp³-hybridized carbons (Fsp3) is 0.706. The van der Waals surface area contributed by atoms with Crippen LogP contribution in [0, 0.1) is 5.92 Å². The first-order valence-corrected chi connectivity index (χ1v) is 8.17. The van der Waals surface area contributed by atoms with Crippen molar-refractivity contribution in [2.24, 2.45) is 5.92 Å². The zero-order valence-electron chi connectivity index (χ0n) is 13.5. The number of aromatic nitrogens is 1. The summed E-state index contributed by atoms with van der Waals surface area (Å²) in [4.78, 5) is 4.35. The molecule has 0 aromatic carbocycles. The van der Waals surface area contributed by atoms with Gasteiger partial charge in [-0.05, 0) is 44.4 Å². The molecule has 1 aromatic heterocycles. The van der Waals surface area contributed by atoms with E-state index in [0.29, 0.717) is 18.1 Å². The van der Waals surface area contributed by atoms with Crippen molar-refractivity contribution in [1.29, 1.82) is 0 Å². The van der Waals surface area contributed by atoms with Crippen LogP contribution >= 0.6 is 0 Å². The van der Waals surface area contributed by atoms with Gasteiger partial charge in [-0.1, -0.05) is 13.8 Å². The molecule has 0 saturated carbocycles. The van der Waals surface area contributed by atoms with E-state index in [1.807, 2.05) is 6.20 Å². The molecule has 1 aliphatic heterocycles. The maximum absolute atomic E-state index is 5.75. The fourth-order valence-electron chi connectivity index (χ4n) is 2.84. The van der Waals surface area contributed by atoms with Crippen LogP contribution in [0.4, 0.5) is 0 Å². The second-order valence-corrected chi connectivity index (χ2v) is 5.87. The summed E-state index contributed by atoms with van der Waals surface area (Å²) in [6.07, 6.45) is 7.34. The van der Waals surface area contributed by atoms with Gasteiger partial charge in [-0.2, -0.15) is 0 Å². The lowest BCUT2D eigenvalue weighted by Crippen LogP contribution is -2.29. The molecule has 0 aliphatic carbocycles. The Bertz CT molecular complexity index is 425. The maximum Gasteiger partial charge on any atom is 0.137 e. The van der Waals surface area contributed by atoms with E-state index in [1.54, 1.807) is 6.20 Å². The molecule has 1 fully saturated rings. The highest BCUT2D eigenvalue weighted by molar-refractivity contribution is 5.26. The summed E-state index contributed by atoms with van der Waals surface area (Å²) in [5.41, 5.74) is 1.21. The Morgan fingerprint density at radius 1 is 1.38 bits per heavy atom. The predicted molar refractivity (Wildman–Crippen MR) is 84.6 cm³/mol. The van der Waals surface area contributed by atoms with Crippen LogP contribution in [-0.4, -0.2) is 30.8 Å². The second-order valence-electron chi connectivity index (χ2n) is 5.87. The molecule has 0 spiro atoms. The first kappa shape index (κ1) is 16.2. The zero-order chi connectivity index (χ0) is 15.1. The van der Waals surface area contributed by atoms with Crippen molar-refractivity contribution in [3.05, 3.63) is 24.0 Å². The van der Waals surface area contributed by atoms with Crippen LogP contribution in [0.3, 0.4) is 0 Å². The first-order chi connectivity index (χ1) is 10.2. The lowest BCUT2D eigenvalue weighted by atomic mass is 9.91. The van der Waals surface area contributed by atoms with Gasteiger partial charge in [-0.25, -0.2) is 0 Å². The molecule has 2 heterocycles. The highest BCUT2D eigenvalue weighted by Gasteiger charge is 2.30. The van der Waals surface area contributed by atoms with E-state index in [2.05, 4.69) is 37.1 Å². The van der Waals surface area contributed by atoms with Gasteiger partial charge in [0.2, 0.25) is 0 Å². The average Bonchev–Trinajstić information content (AvgIpc) is 2.92. The Kier molecular flexibility index (Phi) is 6.46. The largest absolute Gasteiger partial charge is 0.492 e. The van der Waals surface area contributed by atoms with Gasteiger partial charge in [0.15, 0.2) is 0 Å². The minimum atomic E-state index is 0.299. The van der Waals surface area contributed by atoms with Gasteiger partial charge in [-0.15, -0.1) is 0 Å². The molecule has 2 rings (SSSR count). The number of rotatable bonds is 8. The third-order valence-corrected chi connectivity index (χ3v) is 3.88. The van der Waals surface area contributed by atoms with Gasteiger partial charge >= 0.3 is 0 Å². The molecule has 0 bridgehead atoms. The lowest BCUT2D eigenvalue weighted by molar-refractivity contribution is 0.117. The maximum atomic E-state index is 5.75. The summed E-state index contributed by atoms with van der Waals surface area (Å²) in [5, 5.41) is 3.66. The van der Waals surface area contributed by atoms with Crippen molar-refractivity contribution in [3.63, 3.8) is 0 Å². The summed E-state index contributed by atoms with van der Waals surface area (Å²) in [5.74, 6) is 1.37. The van der Waals surface area contributed by atoms with E-state index in [9.17, 15) is 0 Å². The highest BCUT2D eigenvalue weighted by Crippen LogP contribution is 2.32. The monoisotopic (exact) mass is 292 g/mol. The third-order valence-electron chi connectivity index (χ3n) is 3.88. The Balaban J connectivity index is 2.11. The molecule has 21 heavy (non-hydrogen) atoms. The Labute approximate surface area is 128 Å². The number of pyridine rings is 1. The quantitative estimate of drug-likeness (QED) is 0.798. The topological polar surface area (TPSA) is 43.4 Å². The molecule has 1 aliphatic rings. The molecule has 0 amide bonds. The summed E-state index contributed by atoms with van der Waals surface area (Å²) >= 11 is 0. The molecule has 118 valence electrons. The molecular formula is C17H28N2O2. The molecular weight excluding hydrogens is 264 g/mol. The van der Waals surface area contributed by atoms with Crippen molar-refractivity contribution in [1.82, 2.24) is 10.3 Å². The van der Waals surface area contributed by atoms with Crippen LogP contribution in [0.2, 0.25) is 0 Å². The van der Waals surface area contributed by atoms with Gasteiger partial charge in [0, 0.05) is 18.2 Å². The number of nitrogens with one attached hydrogen (secondary N) is 1. The average molecular weight is 292 g/mol. The SMILES string of the molecule is CCCNC(c1cncc(OCCC)c1)C1COC(C)C1. The van der Waals surface area contributed by atoms with E-state index in [0.717, 1.165) is 44.8 Å². The van der Waals surface area contributed by atoms with Gasteiger partial charge in [0.25, 0.3) is 0 Å². The van der Waals surface area contributed by atoms with E-state index in [4.69, 9.17) is 9.47 Å². The van der Waals surface area contributed by atoms with Crippen molar-refractivity contribution < 1.29 is 9.47 Å². The molecule has 3 unspecified atom stereocenters. The van der Waals surface area contributed by atoms with Gasteiger partial charge in [0.05, 0.1) is 25.5 Å². The minimum Gasteiger partial charge on any atom is -0.492 e. The van der Waals surface area contributed by atoms with Crippen LogP contribution in [0.25, 0.3) is 0 Å². The summed E-state index contributed by atoms with van der Waals surface area (Å²) in [6, 6.07) is 2.42. The molecule has 0 radical (unpaired) electrons. The third kappa shape index (κ3) is 4.68. The molecule has 1 saturated heterocycles. The molecule has 1 aromatic rings. The van der Waals surface area contributed by atoms with Crippen molar-refractivity contribution in [3.8, 4) is 5.75 Å². The molecule has 1 N–H and O–H groups in total. The smallest absolute Gasteiger partial charge is 0.137 e. The highest BCUT2D eigenvalue weighted by atomic mass is 16.5. The van der Waals surface area contributed by atoms with E-state index in [1.165, 1.54) is 5.56 Å². The fourth-order valence-corrected chi connectivity index (χ4v) is 2.84. The molecule has 4 nitrogen and oxygen atoms in total. The normalized spacial score (nSPS) is 23.2. The summed E-state index contributed by atoms with van der Waals surface area (Å²) < 4.78 is 11.5. The first-order valence-electron chi connectivity index (χ1n) is 8.17. The standard InChI is InChI=1S/C17H28N2O2/c1-4-6-19-17(15-8-13(3)21-12-15)14-9-16(11-18-10-14)20-7-5-2/h9-11,13,15,17,19H,4-8,12H2,1-3H3. The zero-order valence-corrected chi connectivity index (χ0v) is 13.5. The second kappa shape index (κ2) is 8.35. The Hall–Kier alpha value is -1.13. The van der Waals surface area contributed by atoms with Crippen LogP contribution in [0.15, 0.2) is 18.5 Å². The Morgan fingerprint density at radius 3 is 2.90 bits per heavy atom. The number of hydrogen-bond acceptors (Lipinski definition) is 4. The van der Waals surface area contributed by atoms with Crippen molar-refractivity contribution in [2.75, 3.05) is 19.8 Å². The van der Waals surface area contributed by atoms with Gasteiger partial charge in [0.1, 0.15) is 5.75 Å². The van der Waals surface area contributed by atoms with Gasteiger partial charge in [-0.3, -0.25) is 4.98 Å². The molecule has 3 atom stereocenters. The predicted octanol–water partition coefficient (Wildman–Crippen LogP) is 3.34. The summed E-state index contributed by atoms with van der Waals surface area (Å²) in [7, 11) is 0. The minimum absolute atomic E-state index is 0.299. The number of ether oxygens (including phenoxy) is 2. The van der Waals surface area contributed by atoms with Crippen LogP contribution < -0.4 is 10.1 Å². The van der Waals surface area contributed by atoms with Crippen LogP contribution in [0.1, 0.15) is 51.6 Å².